The normalized spacial score (nSPS) is 12.7. The van der Waals surface area contributed by atoms with Gasteiger partial charge in [-0.2, -0.15) is 0 Å². The highest BCUT2D eigenvalue weighted by Gasteiger charge is 2.18. The summed E-state index contributed by atoms with van der Waals surface area (Å²) in [6.45, 7) is 6.26. The lowest BCUT2D eigenvalue weighted by Gasteiger charge is -2.14. The second-order valence-corrected chi connectivity index (χ2v) is 5.06. The molecule has 0 bridgehead atoms. The second-order valence-electron chi connectivity index (χ2n) is 4.28. The lowest BCUT2D eigenvalue weighted by molar-refractivity contribution is 0.845. The molecular weight excluding hydrogens is 230 g/mol. The van der Waals surface area contributed by atoms with Gasteiger partial charge in [0.1, 0.15) is 0 Å². The van der Waals surface area contributed by atoms with E-state index in [1.807, 2.05) is 0 Å². The van der Waals surface area contributed by atoms with E-state index in [0.717, 1.165) is 17.0 Å². The van der Waals surface area contributed by atoms with Gasteiger partial charge >= 0.3 is 0 Å². The molecule has 1 atom stereocenters. The van der Waals surface area contributed by atoms with E-state index in [9.17, 15) is 0 Å². The molecule has 2 aromatic rings. The summed E-state index contributed by atoms with van der Waals surface area (Å²) in [6, 6.07) is 6.27. The average molecular weight is 247 g/mol. The predicted molar refractivity (Wildman–Crippen MR) is 71.2 cm³/mol. The van der Waals surface area contributed by atoms with Crippen LogP contribution in [0.4, 0.5) is 0 Å². The Morgan fingerprint density at radius 1 is 1.35 bits per heavy atom. The molecule has 0 aliphatic rings. The van der Waals surface area contributed by atoms with Crippen molar-refractivity contribution in [2.24, 2.45) is 5.73 Å². The van der Waals surface area contributed by atoms with Gasteiger partial charge in [-0.3, -0.25) is 0 Å². The smallest absolute Gasteiger partial charge is 0.0804 e. The Morgan fingerprint density at radius 2 is 2.12 bits per heavy atom. The molecule has 0 radical (unpaired) electrons. The molecule has 0 fully saturated rings. The number of rotatable bonds is 3. The maximum Gasteiger partial charge on any atom is 0.0804 e. The van der Waals surface area contributed by atoms with Crippen molar-refractivity contribution in [3.63, 3.8) is 0 Å². The summed E-state index contributed by atoms with van der Waals surface area (Å²) in [6.07, 6.45) is 0.879. The van der Waals surface area contributed by atoms with Crippen molar-refractivity contribution >= 4 is 11.5 Å². The molecule has 0 amide bonds. The summed E-state index contributed by atoms with van der Waals surface area (Å²) in [4.78, 5) is 1.08. The van der Waals surface area contributed by atoms with Crippen LogP contribution in [-0.4, -0.2) is 9.59 Å². The summed E-state index contributed by atoms with van der Waals surface area (Å²) in [7, 11) is 0. The molecule has 0 saturated heterocycles. The average Bonchev–Trinajstić information content (AvgIpc) is 2.79. The highest BCUT2D eigenvalue weighted by atomic mass is 32.1. The van der Waals surface area contributed by atoms with Gasteiger partial charge < -0.3 is 5.73 Å². The minimum Gasteiger partial charge on any atom is -0.319 e. The van der Waals surface area contributed by atoms with Gasteiger partial charge in [-0.25, -0.2) is 0 Å². The lowest BCUT2D eigenvalue weighted by atomic mass is 9.97. The molecular formula is C13H17N3S. The van der Waals surface area contributed by atoms with Crippen LogP contribution in [-0.2, 0) is 6.42 Å². The van der Waals surface area contributed by atoms with Crippen LogP contribution in [0.3, 0.4) is 0 Å². The van der Waals surface area contributed by atoms with E-state index in [1.165, 1.54) is 28.2 Å². The summed E-state index contributed by atoms with van der Waals surface area (Å²) >= 11 is 1.41. The van der Waals surface area contributed by atoms with Gasteiger partial charge in [0.25, 0.3) is 0 Å². The first-order chi connectivity index (χ1) is 8.13. The molecule has 0 aliphatic heterocycles. The van der Waals surface area contributed by atoms with E-state index in [4.69, 9.17) is 5.73 Å². The largest absolute Gasteiger partial charge is 0.319 e. The van der Waals surface area contributed by atoms with Crippen molar-refractivity contribution < 1.29 is 0 Å². The highest BCUT2D eigenvalue weighted by Crippen LogP contribution is 2.27. The van der Waals surface area contributed by atoms with Crippen molar-refractivity contribution in [1.82, 2.24) is 9.59 Å². The highest BCUT2D eigenvalue weighted by molar-refractivity contribution is 7.05. The van der Waals surface area contributed by atoms with E-state index in [0.29, 0.717) is 0 Å². The van der Waals surface area contributed by atoms with E-state index in [-0.39, 0.29) is 6.04 Å². The number of aromatic nitrogens is 2. The molecule has 1 aromatic carbocycles. The number of nitrogens with two attached hydrogens (primary N) is 1. The van der Waals surface area contributed by atoms with E-state index >= 15 is 0 Å². The zero-order valence-corrected chi connectivity index (χ0v) is 11.2. The Kier molecular flexibility index (Phi) is 3.54. The predicted octanol–water partition coefficient (Wildman–Crippen LogP) is 2.77. The number of aryl methyl sites for hydroxylation is 3. The van der Waals surface area contributed by atoms with Crippen LogP contribution < -0.4 is 5.73 Å². The first kappa shape index (κ1) is 12.2. The molecule has 3 nitrogen and oxygen atoms in total. The zero-order valence-electron chi connectivity index (χ0n) is 10.4. The fourth-order valence-electron chi connectivity index (χ4n) is 1.93. The van der Waals surface area contributed by atoms with Crippen LogP contribution in [0, 0.1) is 13.8 Å². The molecule has 17 heavy (non-hydrogen) atoms. The quantitative estimate of drug-likeness (QED) is 0.907. The molecule has 1 heterocycles. The Labute approximate surface area is 106 Å². The molecule has 4 heteroatoms. The van der Waals surface area contributed by atoms with E-state index in [2.05, 4.69) is 48.6 Å². The van der Waals surface area contributed by atoms with Crippen LogP contribution in [0.1, 0.15) is 40.2 Å². The fraction of sp³-hybridized carbons (Fsp3) is 0.385. The third kappa shape index (κ3) is 2.37. The number of benzene rings is 1. The van der Waals surface area contributed by atoms with Gasteiger partial charge in [0.2, 0.25) is 0 Å². The summed E-state index contributed by atoms with van der Waals surface area (Å²) in [5, 5.41) is 4.12. The molecule has 90 valence electrons. The molecule has 0 spiro atoms. The monoisotopic (exact) mass is 247 g/mol. The first-order valence-corrected chi connectivity index (χ1v) is 6.54. The van der Waals surface area contributed by atoms with Crippen molar-refractivity contribution in [2.45, 2.75) is 33.2 Å². The van der Waals surface area contributed by atoms with Crippen LogP contribution in [0.25, 0.3) is 0 Å². The standard InChI is InChI=1S/C13H17N3S/c1-4-11-13(17-16-15-11)12(14)10-7-8(2)5-6-9(10)3/h5-7,12H,4,14H2,1-3H3. The molecule has 2 rings (SSSR count). The van der Waals surface area contributed by atoms with Gasteiger partial charge in [0.05, 0.1) is 16.6 Å². The Bertz CT molecular complexity index is 519. The van der Waals surface area contributed by atoms with Crippen LogP contribution in [0.15, 0.2) is 18.2 Å². The number of hydrogen-bond acceptors (Lipinski definition) is 4. The van der Waals surface area contributed by atoms with E-state index < -0.39 is 0 Å². The van der Waals surface area contributed by atoms with Gasteiger partial charge in [0.15, 0.2) is 0 Å². The summed E-state index contributed by atoms with van der Waals surface area (Å²) in [5.74, 6) is 0. The van der Waals surface area contributed by atoms with Gasteiger partial charge in [-0.15, -0.1) is 5.10 Å². The molecule has 0 saturated carbocycles. The lowest BCUT2D eigenvalue weighted by Crippen LogP contribution is -2.13. The van der Waals surface area contributed by atoms with Gasteiger partial charge in [-0.05, 0) is 42.9 Å². The van der Waals surface area contributed by atoms with Crippen LogP contribution >= 0.6 is 11.5 Å². The second kappa shape index (κ2) is 4.94. The zero-order chi connectivity index (χ0) is 12.4. The number of nitrogens with zero attached hydrogens (tertiary/aromatic N) is 2. The van der Waals surface area contributed by atoms with Gasteiger partial charge in [0, 0.05) is 0 Å². The summed E-state index contributed by atoms with van der Waals surface area (Å²) < 4.78 is 4.00. The van der Waals surface area contributed by atoms with Crippen molar-refractivity contribution in [3.05, 3.63) is 45.5 Å². The maximum absolute atomic E-state index is 6.34. The Morgan fingerprint density at radius 3 is 2.82 bits per heavy atom. The van der Waals surface area contributed by atoms with E-state index in [1.54, 1.807) is 0 Å². The summed E-state index contributed by atoms with van der Waals surface area (Å²) in [5.41, 5.74) is 11.0. The SMILES string of the molecule is CCc1nnsc1C(N)c1cc(C)ccc1C. The van der Waals surface area contributed by atoms with Crippen LogP contribution in [0.2, 0.25) is 0 Å². The molecule has 1 unspecified atom stereocenters. The minimum absolute atomic E-state index is 0.107. The van der Waals surface area contributed by atoms with Crippen LogP contribution in [0.5, 0.6) is 0 Å². The third-order valence-electron chi connectivity index (χ3n) is 2.97. The third-order valence-corrected chi connectivity index (χ3v) is 3.82. The van der Waals surface area contributed by atoms with Crippen molar-refractivity contribution in [1.29, 1.82) is 0 Å². The fourth-order valence-corrected chi connectivity index (χ4v) is 2.69. The minimum atomic E-state index is -0.107. The Hall–Kier alpha value is -1.26. The maximum atomic E-state index is 6.34. The molecule has 2 N–H and O–H groups in total. The number of hydrogen-bond donors (Lipinski definition) is 1. The molecule has 0 aliphatic carbocycles. The molecule has 1 aromatic heterocycles. The van der Waals surface area contributed by atoms with Crippen molar-refractivity contribution in [2.75, 3.05) is 0 Å². The Balaban J connectivity index is 2.43. The first-order valence-electron chi connectivity index (χ1n) is 5.77. The van der Waals surface area contributed by atoms with Gasteiger partial charge in [-0.1, -0.05) is 35.2 Å². The topological polar surface area (TPSA) is 51.8 Å². The van der Waals surface area contributed by atoms with Crippen molar-refractivity contribution in [3.8, 4) is 0 Å².